The quantitative estimate of drug-likeness (QED) is 0.712. The molecule has 156 valence electrons. The second-order valence-corrected chi connectivity index (χ2v) is 9.77. The number of hydrogen-bond donors (Lipinski definition) is 1. The Labute approximate surface area is 182 Å². The summed E-state index contributed by atoms with van der Waals surface area (Å²) >= 11 is 4.63. The van der Waals surface area contributed by atoms with Crippen molar-refractivity contribution in [3.05, 3.63) is 33.5 Å². The van der Waals surface area contributed by atoms with Crippen molar-refractivity contribution in [2.75, 3.05) is 36.4 Å². The molecule has 1 N–H and O–H groups in total. The van der Waals surface area contributed by atoms with E-state index in [1.807, 2.05) is 26.8 Å². The number of hydrogen-bond acceptors (Lipinski definition) is 7. The zero-order valence-corrected chi connectivity index (χ0v) is 19.0. The van der Waals surface area contributed by atoms with E-state index in [4.69, 9.17) is 4.74 Å². The molecule has 8 nitrogen and oxygen atoms in total. The molecule has 1 saturated heterocycles. The van der Waals surface area contributed by atoms with Gasteiger partial charge in [0.25, 0.3) is 5.91 Å². The fourth-order valence-electron chi connectivity index (χ4n) is 2.97. The molecular weight excluding hydrogens is 458 g/mol. The second-order valence-electron chi connectivity index (χ2n) is 7.64. The minimum Gasteiger partial charge on any atom is -0.444 e. The van der Waals surface area contributed by atoms with Crippen molar-refractivity contribution in [3.63, 3.8) is 0 Å². The van der Waals surface area contributed by atoms with Crippen LogP contribution in [0.1, 0.15) is 37.7 Å². The summed E-state index contributed by atoms with van der Waals surface area (Å²) < 4.78 is 6.15. The highest BCUT2D eigenvalue weighted by Crippen LogP contribution is 2.27. The molecule has 0 unspecified atom stereocenters. The van der Waals surface area contributed by atoms with Crippen molar-refractivity contribution >= 4 is 50.6 Å². The number of pyridine rings is 1. The molecule has 3 heterocycles. The summed E-state index contributed by atoms with van der Waals surface area (Å²) in [6.45, 7) is 8.16. The summed E-state index contributed by atoms with van der Waals surface area (Å²) in [6, 6.07) is 1.87. The van der Waals surface area contributed by atoms with Gasteiger partial charge in [-0.15, -0.1) is 11.3 Å². The van der Waals surface area contributed by atoms with Crippen LogP contribution in [0, 0.1) is 0 Å². The monoisotopic (exact) mass is 481 g/mol. The van der Waals surface area contributed by atoms with E-state index in [2.05, 4.69) is 36.1 Å². The average Bonchev–Trinajstić information content (AvgIpc) is 2.94. The van der Waals surface area contributed by atoms with E-state index >= 15 is 0 Å². The Kier molecular flexibility index (Phi) is 6.74. The number of anilines is 2. The maximum atomic E-state index is 12.5. The number of ether oxygens (including phenoxy) is 1. The molecule has 29 heavy (non-hydrogen) atoms. The van der Waals surface area contributed by atoms with Crippen molar-refractivity contribution in [2.24, 2.45) is 0 Å². The van der Waals surface area contributed by atoms with Gasteiger partial charge in [0, 0.05) is 37.8 Å². The van der Waals surface area contributed by atoms with Gasteiger partial charge < -0.3 is 19.9 Å². The van der Waals surface area contributed by atoms with Crippen LogP contribution in [0.2, 0.25) is 0 Å². The largest absolute Gasteiger partial charge is 0.444 e. The zero-order chi connectivity index (χ0) is 21.0. The normalized spacial score (nSPS) is 15.0. The Morgan fingerprint density at radius 1 is 1.24 bits per heavy atom. The third-order valence-corrected chi connectivity index (χ3v) is 5.61. The predicted octanol–water partition coefficient (Wildman–Crippen LogP) is 4.00. The van der Waals surface area contributed by atoms with Crippen LogP contribution in [0.5, 0.6) is 0 Å². The number of carbonyl (C=O) groups is 2. The van der Waals surface area contributed by atoms with Gasteiger partial charge >= 0.3 is 6.09 Å². The third-order valence-electron chi connectivity index (χ3n) is 4.24. The number of thiazole rings is 1. The minimum atomic E-state index is -0.518. The second kappa shape index (κ2) is 9.08. The highest BCUT2D eigenvalue weighted by Gasteiger charge is 2.25. The van der Waals surface area contributed by atoms with Gasteiger partial charge in [0.15, 0.2) is 3.92 Å². The van der Waals surface area contributed by atoms with Crippen LogP contribution in [0.15, 0.2) is 27.8 Å². The highest BCUT2D eigenvalue weighted by atomic mass is 79.9. The first-order chi connectivity index (χ1) is 13.7. The Balaban J connectivity index is 1.69. The van der Waals surface area contributed by atoms with Crippen molar-refractivity contribution in [1.29, 1.82) is 0 Å². The molecule has 0 bridgehead atoms. The van der Waals surface area contributed by atoms with E-state index in [0.29, 0.717) is 34.9 Å². The van der Waals surface area contributed by atoms with E-state index in [1.54, 1.807) is 22.7 Å². The Morgan fingerprint density at radius 3 is 2.72 bits per heavy atom. The topological polar surface area (TPSA) is 87.7 Å². The number of halogens is 1. The average molecular weight is 482 g/mol. The summed E-state index contributed by atoms with van der Waals surface area (Å²) in [5.41, 5.74) is 1.32. The molecule has 3 rings (SSSR count). The fourth-order valence-corrected chi connectivity index (χ4v) is 3.96. The van der Waals surface area contributed by atoms with Crippen molar-refractivity contribution in [2.45, 2.75) is 32.8 Å². The molecule has 0 aliphatic carbocycles. The van der Waals surface area contributed by atoms with Crippen molar-refractivity contribution < 1.29 is 14.3 Å². The molecule has 2 amide bonds. The number of nitrogens with zero attached hydrogens (tertiary/aromatic N) is 4. The molecule has 0 radical (unpaired) electrons. The van der Waals surface area contributed by atoms with Crippen LogP contribution in [-0.4, -0.2) is 58.6 Å². The first kappa shape index (κ1) is 21.5. The van der Waals surface area contributed by atoms with Gasteiger partial charge in [-0.1, -0.05) is 0 Å². The molecule has 10 heteroatoms. The van der Waals surface area contributed by atoms with Gasteiger partial charge in [0.2, 0.25) is 0 Å². The lowest BCUT2D eigenvalue weighted by Gasteiger charge is -2.27. The fraction of sp³-hybridized carbons (Fsp3) is 0.474. The summed E-state index contributed by atoms with van der Waals surface area (Å²) in [5, 5.41) is 4.59. The SMILES string of the molecule is CC(C)(C)OC(=O)N1CCCN(c2ccncc2NC(=O)c2csc(Br)n2)CC1. The van der Waals surface area contributed by atoms with Gasteiger partial charge in [-0.25, -0.2) is 9.78 Å². The maximum Gasteiger partial charge on any atom is 0.410 e. The number of nitrogens with one attached hydrogen (secondary N) is 1. The van der Waals surface area contributed by atoms with Crippen LogP contribution in [-0.2, 0) is 4.74 Å². The smallest absolute Gasteiger partial charge is 0.410 e. The van der Waals surface area contributed by atoms with Gasteiger partial charge in [0.1, 0.15) is 11.3 Å². The lowest BCUT2D eigenvalue weighted by molar-refractivity contribution is 0.0263. The molecule has 2 aromatic heterocycles. The third kappa shape index (κ3) is 5.89. The molecular formula is C19H24BrN5O3S. The molecule has 0 spiro atoms. The van der Waals surface area contributed by atoms with Crippen LogP contribution < -0.4 is 10.2 Å². The Morgan fingerprint density at radius 2 is 2.03 bits per heavy atom. The Hall–Kier alpha value is -2.20. The van der Waals surface area contributed by atoms with Crippen LogP contribution in [0.3, 0.4) is 0 Å². The molecule has 0 aromatic carbocycles. The zero-order valence-electron chi connectivity index (χ0n) is 16.6. The number of amides is 2. The van der Waals surface area contributed by atoms with Gasteiger partial charge in [-0.3, -0.25) is 9.78 Å². The lowest BCUT2D eigenvalue weighted by atomic mass is 10.2. The van der Waals surface area contributed by atoms with E-state index in [1.165, 1.54) is 11.3 Å². The van der Waals surface area contributed by atoms with E-state index in [0.717, 1.165) is 18.7 Å². The Bertz CT molecular complexity index is 883. The molecule has 1 aliphatic rings. The molecule has 2 aromatic rings. The van der Waals surface area contributed by atoms with Crippen molar-refractivity contribution in [1.82, 2.24) is 14.9 Å². The molecule has 1 fully saturated rings. The minimum absolute atomic E-state index is 0.286. The van der Waals surface area contributed by atoms with Gasteiger partial charge in [0.05, 0.1) is 17.6 Å². The first-order valence-corrected chi connectivity index (χ1v) is 11.0. The summed E-state index contributed by atoms with van der Waals surface area (Å²) in [4.78, 5) is 37.1. The van der Waals surface area contributed by atoms with Gasteiger partial charge in [-0.05, 0) is 49.2 Å². The predicted molar refractivity (Wildman–Crippen MR) is 117 cm³/mol. The van der Waals surface area contributed by atoms with Crippen LogP contribution >= 0.6 is 27.3 Å². The van der Waals surface area contributed by atoms with E-state index in [9.17, 15) is 9.59 Å². The van der Waals surface area contributed by atoms with Crippen molar-refractivity contribution in [3.8, 4) is 0 Å². The number of aromatic nitrogens is 2. The van der Waals surface area contributed by atoms with Crippen LogP contribution in [0.4, 0.5) is 16.2 Å². The molecule has 1 aliphatic heterocycles. The molecule has 0 saturated carbocycles. The maximum absolute atomic E-state index is 12.5. The standard InChI is InChI=1S/C19H24BrN5O3S/c1-19(2,3)28-18(27)25-8-4-7-24(9-10-25)15-5-6-21-11-13(15)22-16(26)14-12-29-17(20)23-14/h5-6,11-12H,4,7-10H2,1-3H3,(H,22,26). The summed E-state index contributed by atoms with van der Waals surface area (Å²) in [5.74, 6) is -0.286. The molecule has 0 atom stereocenters. The van der Waals surface area contributed by atoms with E-state index in [-0.39, 0.29) is 12.0 Å². The summed E-state index contributed by atoms with van der Waals surface area (Å²) in [6.07, 6.45) is 3.83. The number of carbonyl (C=O) groups excluding carboxylic acids is 2. The van der Waals surface area contributed by atoms with Gasteiger partial charge in [-0.2, -0.15) is 0 Å². The van der Waals surface area contributed by atoms with E-state index < -0.39 is 5.60 Å². The van der Waals surface area contributed by atoms with Crippen LogP contribution in [0.25, 0.3) is 0 Å². The lowest BCUT2D eigenvalue weighted by Crippen LogP contribution is -2.39. The first-order valence-electron chi connectivity index (χ1n) is 9.32. The highest BCUT2D eigenvalue weighted by molar-refractivity contribution is 9.11. The number of rotatable bonds is 3. The summed E-state index contributed by atoms with van der Waals surface area (Å²) in [7, 11) is 0.